The van der Waals surface area contributed by atoms with Crippen LogP contribution in [-0.4, -0.2) is 15.6 Å². The highest BCUT2D eigenvalue weighted by atomic mass is 79.9. The van der Waals surface area contributed by atoms with E-state index in [-0.39, 0.29) is 5.78 Å². The quantitative estimate of drug-likeness (QED) is 0.807. The van der Waals surface area contributed by atoms with E-state index in [0.29, 0.717) is 6.42 Å². The fraction of sp³-hybridized carbons (Fsp3) is 0.286. The number of hydrogen-bond donors (Lipinski definition) is 0. The average Bonchev–Trinajstić information content (AvgIpc) is 2.66. The molecule has 94 valence electrons. The highest BCUT2D eigenvalue weighted by Gasteiger charge is 2.10. The number of halogens is 1. The van der Waals surface area contributed by atoms with Crippen molar-refractivity contribution in [2.75, 3.05) is 0 Å². The number of Topliss-reactive ketones (excluding diaryl/α,β-unsaturated/α-hetero) is 1. The van der Waals surface area contributed by atoms with Crippen molar-refractivity contribution < 1.29 is 4.79 Å². The van der Waals surface area contributed by atoms with E-state index < -0.39 is 0 Å². The molecular weight excluding hydrogens is 292 g/mol. The van der Waals surface area contributed by atoms with Gasteiger partial charge in [0, 0.05) is 12.0 Å². The molecule has 0 unspecified atom stereocenters. The second kappa shape index (κ2) is 5.06. The van der Waals surface area contributed by atoms with Gasteiger partial charge in [0.1, 0.15) is 0 Å². The van der Waals surface area contributed by atoms with Gasteiger partial charge in [0.2, 0.25) is 0 Å². The fourth-order valence-electron chi connectivity index (χ4n) is 1.87. The zero-order chi connectivity index (χ0) is 13.3. The van der Waals surface area contributed by atoms with E-state index in [2.05, 4.69) is 21.0 Å². The normalized spacial score (nSPS) is 10.7. The average molecular weight is 307 g/mol. The van der Waals surface area contributed by atoms with Crippen molar-refractivity contribution >= 4 is 21.7 Å². The first-order valence-electron chi connectivity index (χ1n) is 5.90. The summed E-state index contributed by atoms with van der Waals surface area (Å²) in [6.45, 7) is 5.84. The van der Waals surface area contributed by atoms with Crippen molar-refractivity contribution in [1.82, 2.24) is 9.78 Å². The maximum atomic E-state index is 11.6. The van der Waals surface area contributed by atoms with Crippen molar-refractivity contribution in [3.8, 4) is 5.69 Å². The first kappa shape index (κ1) is 13.0. The van der Waals surface area contributed by atoms with E-state index in [1.165, 1.54) is 0 Å². The summed E-state index contributed by atoms with van der Waals surface area (Å²) in [5.41, 5.74) is 3.74. The molecule has 0 N–H and O–H groups in total. The van der Waals surface area contributed by atoms with Crippen LogP contribution in [0, 0.1) is 13.8 Å². The molecule has 0 spiro atoms. The summed E-state index contributed by atoms with van der Waals surface area (Å²) in [5, 5.41) is 4.46. The van der Waals surface area contributed by atoms with E-state index in [4.69, 9.17) is 0 Å². The topological polar surface area (TPSA) is 34.9 Å². The van der Waals surface area contributed by atoms with Crippen molar-refractivity contribution in [3.05, 3.63) is 45.7 Å². The molecule has 1 heterocycles. The van der Waals surface area contributed by atoms with Gasteiger partial charge >= 0.3 is 0 Å². The third kappa shape index (κ3) is 2.25. The summed E-state index contributed by atoms with van der Waals surface area (Å²) >= 11 is 3.51. The molecule has 0 amide bonds. The molecule has 4 heteroatoms. The summed E-state index contributed by atoms with van der Waals surface area (Å²) in [5.74, 6) is 0.163. The molecule has 0 bridgehead atoms. The minimum absolute atomic E-state index is 0.163. The van der Waals surface area contributed by atoms with Crippen LogP contribution < -0.4 is 0 Å². The van der Waals surface area contributed by atoms with Crippen molar-refractivity contribution in [2.45, 2.75) is 27.2 Å². The van der Waals surface area contributed by atoms with Gasteiger partial charge in [-0.3, -0.25) is 4.79 Å². The van der Waals surface area contributed by atoms with Crippen molar-refractivity contribution in [2.24, 2.45) is 0 Å². The summed E-state index contributed by atoms with van der Waals surface area (Å²) in [6, 6.07) is 7.56. The van der Waals surface area contributed by atoms with Crippen LogP contribution in [0.1, 0.15) is 35.1 Å². The zero-order valence-corrected chi connectivity index (χ0v) is 12.3. The Labute approximate surface area is 115 Å². The van der Waals surface area contributed by atoms with E-state index in [0.717, 1.165) is 27.1 Å². The summed E-state index contributed by atoms with van der Waals surface area (Å²) in [7, 11) is 0. The van der Waals surface area contributed by atoms with Crippen LogP contribution in [0.25, 0.3) is 5.69 Å². The van der Waals surface area contributed by atoms with Gasteiger partial charge < -0.3 is 0 Å². The van der Waals surface area contributed by atoms with Crippen molar-refractivity contribution in [1.29, 1.82) is 0 Å². The van der Waals surface area contributed by atoms with Crippen LogP contribution >= 0.6 is 15.9 Å². The summed E-state index contributed by atoms with van der Waals surface area (Å²) < 4.78 is 2.90. The Morgan fingerprint density at radius 3 is 2.33 bits per heavy atom. The summed E-state index contributed by atoms with van der Waals surface area (Å²) in [4.78, 5) is 11.6. The lowest BCUT2D eigenvalue weighted by molar-refractivity contribution is 0.0988. The van der Waals surface area contributed by atoms with Crippen LogP contribution in [0.3, 0.4) is 0 Å². The highest BCUT2D eigenvalue weighted by molar-refractivity contribution is 9.10. The lowest BCUT2D eigenvalue weighted by atomic mass is 10.1. The van der Waals surface area contributed by atoms with Gasteiger partial charge in [-0.2, -0.15) is 5.10 Å². The number of carbonyl (C=O) groups is 1. The highest BCUT2D eigenvalue weighted by Crippen LogP contribution is 2.23. The second-order valence-corrected chi connectivity index (χ2v) is 5.01. The Morgan fingerprint density at radius 2 is 1.89 bits per heavy atom. The predicted octanol–water partition coefficient (Wildman–Crippen LogP) is 3.84. The standard InChI is InChI=1S/C14H15BrN2O/c1-4-13(18)11-5-7-12(8-6-11)17-10(3)14(15)9(2)16-17/h5-8H,4H2,1-3H3. The zero-order valence-electron chi connectivity index (χ0n) is 10.7. The summed E-state index contributed by atoms with van der Waals surface area (Å²) in [6.07, 6.45) is 0.533. The number of aromatic nitrogens is 2. The number of benzene rings is 1. The molecule has 0 aliphatic heterocycles. The van der Waals surface area contributed by atoms with Crippen molar-refractivity contribution in [3.63, 3.8) is 0 Å². The van der Waals surface area contributed by atoms with E-state index in [9.17, 15) is 4.79 Å². The lowest BCUT2D eigenvalue weighted by Gasteiger charge is -2.05. The van der Waals surface area contributed by atoms with Gasteiger partial charge in [-0.1, -0.05) is 6.92 Å². The van der Waals surface area contributed by atoms with Gasteiger partial charge in [-0.25, -0.2) is 4.68 Å². The largest absolute Gasteiger partial charge is 0.294 e. The molecule has 0 saturated carbocycles. The number of nitrogens with zero attached hydrogens (tertiary/aromatic N) is 2. The molecule has 0 fully saturated rings. The molecule has 0 radical (unpaired) electrons. The Balaban J connectivity index is 2.40. The van der Waals surface area contributed by atoms with Gasteiger partial charge in [-0.15, -0.1) is 0 Å². The molecule has 18 heavy (non-hydrogen) atoms. The number of carbonyl (C=O) groups excluding carboxylic acids is 1. The molecule has 2 rings (SSSR count). The van der Waals surface area contributed by atoms with Gasteiger partial charge in [-0.05, 0) is 54.0 Å². The number of aryl methyl sites for hydroxylation is 1. The molecule has 1 aromatic heterocycles. The molecule has 0 saturated heterocycles. The van der Waals surface area contributed by atoms with E-state index in [1.54, 1.807) is 0 Å². The molecule has 0 atom stereocenters. The minimum Gasteiger partial charge on any atom is -0.294 e. The third-order valence-electron chi connectivity index (χ3n) is 2.96. The first-order valence-corrected chi connectivity index (χ1v) is 6.69. The number of rotatable bonds is 3. The fourth-order valence-corrected chi connectivity index (χ4v) is 2.11. The van der Waals surface area contributed by atoms with Gasteiger partial charge in [0.25, 0.3) is 0 Å². The van der Waals surface area contributed by atoms with E-state index in [1.807, 2.05) is 49.7 Å². The Bertz CT molecular complexity index is 585. The molecule has 2 aromatic rings. The second-order valence-electron chi connectivity index (χ2n) is 4.22. The monoisotopic (exact) mass is 306 g/mol. The molecule has 0 aliphatic carbocycles. The Morgan fingerprint density at radius 1 is 1.28 bits per heavy atom. The smallest absolute Gasteiger partial charge is 0.162 e. The maximum Gasteiger partial charge on any atom is 0.162 e. The van der Waals surface area contributed by atoms with Gasteiger partial charge in [0.05, 0.1) is 21.5 Å². The molecule has 0 aliphatic rings. The number of ketones is 1. The minimum atomic E-state index is 0.163. The molecular formula is C14H15BrN2O. The van der Waals surface area contributed by atoms with Gasteiger partial charge in [0.15, 0.2) is 5.78 Å². The van der Waals surface area contributed by atoms with Crippen LogP contribution in [0.5, 0.6) is 0 Å². The van der Waals surface area contributed by atoms with E-state index >= 15 is 0 Å². The number of hydrogen-bond acceptors (Lipinski definition) is 2. The van der Waals surface area contributed by atoms with Crippen LogP contribution in [0.4, 0.5) is 0 Å². The predicted molar refractivity (Wildman–Crippen MR) is 75.4 cm³/mol. The lowest BCUT2D eigenvalue weighted by Crippen LogP contribution is -2.01. The third-order valence-corrected chi connectivity index (χ3v) is 4.11. The first-order chi connectivity index (χ1) is 8.54. The SMILES string of the molecule is CCC(=O)c1ccc(-n2nc(C)c(Br)c2C)cc1. The van der Waals surface area contributed by atoms with Crippen LogP contribution in [0.2, 0.25) is 0 Å². The maximum absolute atomic E-state index is 11.6. The van der Waals surface area contributed by atoms with Crippen LogP contribution in [-0.2, 0) is 0 Å². The molecule has 3 nitrogen and oxygen atoms in total. The molecule has 1 aromatic carbocycles. The van der Waals surface area contributed by atoms with Crippen LogP contribution in [0.15, 0.2) is 28.7 Å². The Hall–Kier alpha value is -1.42. The Kier molecular flexibility index (Phi) is 3.66.